The maximum atomic E-state index is 13.1. The minimum atomic E-state index is -0.914. The first-order valence-electron chi connectivity index (χ1n) is 7.54. The number of fused-ring (bicyclic) bond motifs is 1. The summed E-state index contributed by atoms with van der Waals surface area (Å²) in [5.41, 5.74) is 2.53. The minimum Gasteiger partial charge on any atom is -0.390 e. The normalized spacial score (nSPS) is 19.4. The highest BCUT2D eigenvalue weighted by atomic mass is 19.2. The standard InChI is InChI=1S/C18H17F2NO2/c19-14-7-5-11(9-15(14)20)6-8-17(23)21-18-13-4-2-1-3-12(13)10-16(18)22/h1-5,7,9,16,18,22H,6,8,10H2,(H,21,23). The molecule has 0 saturated carbocycles. The van der Waals surface area contributed by atoms with E-state index in [0.717, 1.165) is 23.3 Å². The van der Waals surface area contributed by atoms with Crippen molar-refractivity contribution in [2.45, 2.75) is 31.4 Å². The summed E-state index contributed by atoms with van der Waals surface area (Å²) in [6.07, 6.45) is 0.341. The predicted molar refractivity (Wildman–Crippen MR) is 81.7 cm³/mol. The molecule has 3 rings (SSSR count). The molecule has 5 heteroatoms. The lowest BCUT2D eigenvalue weighted by molar-refractivity contribution is -0.122. The van der Waals surface area contributed by atoms with Gasteiger partial charge in [0, 0.05) is 12.8 Å². The molecule has 120 valence electrons. The molecule has 2 aromatic rings. The molecule has 3 nitrogen and oxygen atoms in total. The molecule has 1 aliphatic rings. The number of aliphatic hydroxyl groups excluding tert-OH is 1. The Bertz CT molecular complexity index is 733. The number of nitrogens with one attached hydrogen (secondary N) is 1. The van der Waals surface area contributed by atoms with Crippen molar-refractivity contribution in [3.63, 3.8) is 0 Å². The van der Waals surface area contributed by atoms with Crippen LogP contribution in [0.15, 0.2) is 42.5 Å². The van der Waals surface area contributed by atoms with Crippen molar-refractivity contribution in [2.75, 3.05) is 0 Å². The molecule has 2 atom stereocenters. The van der Waals surface area contributed by atoms with Crippen LogP contribution in [0.3, 0.4) is 0 Å². The second-order valence-electron chi connectivity index (χ2n) is 5.76. The predicted octanol–water partition coefficient (Wildman–Crippen LogP) is 2.67. The van der Waals surface area contributed by atoms with E-state index in [0.29, 0.717) is 18.4 Å². The first-order valence-corrected chi connectivity index (χ1v) is 7.54. The number of aliphatic hydroxyl groups is 1. The zero-order valence-corrected chi connectivity index (χ0v) is 12.4. The smallest absolute Gasteiger partial charge is 0.220 e. The lowest BCUT2D eigenvalue weighted by Gasteiger charge is -2.18. The van der Waals surface area contributed by atoms with E-state index in [2.05, 4.69) is 5.32 Å². The Morgan fingerprint density at radius 2 is 1.96 bits per heavy atom. The molecule has 2 aromatic carbocycles. The zero-order valence-electron chi connectivity index (χ0n) is 12.4. The number of rotatable bonds is 4. The van der Waals surface area contributed by atoms with Crippen LogP contribution in [0.25, 0.3) is 0 Å². The minimum absolute atomic E-state index is 0.149. The lowest BCUT2D eigenvalue weighted by atomic mass is 10.1. The average molecular weight is 317 g/mol. The maximum absolute atomic E-state index is 13.1. The Kier molecular flexibility index (Phi) is 4.39. The number of hydrogen-bond acceptors (Lipinski definition) is 2. The molecule has 0 radical (unpaired) electrons. The van der Waals surface area contributed by atoms with E-state index in [9.17, 15) is 18.7 Å². The third kappa shape index (κ3) is 3.40. The third-order valence-electron chi connectivity index (χ3n) is 4.15. The summed E-state index contributed by atoms with van der Waals surface area (Å²) in [6, 6.07) is 10.8. The van der Waals surface area contributed by atoms with Gasteiger partial charge in [0.15, 0.2) is 11.6 Å². The molecule has 2 N–H and O–H groups in total. The van der Waals surface area contributed by atoms with Crippen molar-refractivity contribution in [3.05, 3.63) is 70.8 Å². The fourth-order valence-electron chi connectivity index (χ4n) is 2.95. The fraction of sp³-hybridized carbons (Fsp3) is 0.278. The summed E-state index contributed by atoms with van der Waals surface area (Å²) >= 11 is 0. The number of aryl methyl sites for hydroxylation is 1. The SMILES string of the molecule is O=C(CCc1ccc(F)c(F)c1)NC1c2ccccc2CC1O. The van der Waals surface area contributed by atoms with Crippen molar-refractivity contribution >= 4 is 5.91 Å². The van der Waals surface area contributed by atoms with Crippen LogP contribution in [-0.4, -0.2) is 17.1 Å². The van der Waals surface area contributed by atoms with Crippen LogP contribution in [0.5, 0.6) is 0 Å². The lowest BCUT2D eigenvalue weighted by Crippen LogP contribution is -2.33. The summed E-state index contributed by atoms with van der Waals surface area (Å²) in [5, 5.41) is 12.9. The maximum Gasteiger partial charge on any atom is 0.220 e. The van der Waals surface area contributed by atoms with Gasteiger partial charge in [0.2, 0.25) is 5.91 Å². The highest BCUT2D eigenvalue weighted by Gasteiger charge is 2.31. The van der Waals surface area contributed by atoms with Crippen LogP contribution < -0.4 is 5.32 Å². The van der Waals surface area contributed by atoms with Gasteiger partial charge in [-0.15, -0.1) is 0 Å². The van der Waals surface area contributed by atoms with Crippen molar-refractivity contribution < 1.29 is 18.7 Å². The van der Waals surface area contributed by atoms with Gasteiger partial charge in [-0.05, 0) is 35.2 Å². The molecule has 0 heterocycles. The van der Waals surface area contributed by atoms with Gasteiger partial charge in [0.25, 0.3) is 0 Å². The monoisotopic (exact) mass is 317 g/mol. The van der Waals surface area contributed by atoms with Gasteiger partial charge in [-0.1, -0.05) is 30.3 Å². The molecular weight excluding hydrogens is 300 g/mol. The highest BCUT2D eigenvalue weighted by Crippen LogP contribution is 2.31. The van der Waals surface area contributed by atoms with Gasteiger partial charge in [0.1, 0.15) is 0 Å². The molecule has 23 heavy (non-hydrogen) atoms. The Hall–Kier alpha value is -2.27. The molecule has 0 bridgehead atoms. The van der Waals surface area contributed by atoms with Crippen molar-refractivity contribution in [2.24, 2.45) is 0 Å². The summed E-state index contributed by atoms with van der Waals surface area (Å²) in [5.74, 6) is -2.04. The van der Waals surface area contributed by atoms with E-state index in [1.165, 1.54) is 6.07 Å². The first-order chi connectivity index (χ1) is 11.0. The number of halogens is 2. The van der Waals surface area contributed by atoms with Crippen molar-refractivity contribution in [1.82, 2.24) is 5.32 Å². The van der Waals surface area contributed by atoms with Crippen LogP contribution in [0.2, 0.25) is 0 Å². The number of carbonyl (C=O) groups is 1. The Balaban J connectivity index is 1.60. The van der Waals surface area contributed by atoms with Gasteiger partial charge >= 0.3 is 0 Å². The van der Waals surface area contributed by atoms with E-state index in [4.69, 9.17) is 0 Å². The third-order valence-corrected chi connectivity index (χ3v) is 4.15. The number of hydrogen-bond donors (Lipinski definition) is 2. The topological polar surface area (TPSA) is 49.3 Å². The van der Waals surface area contributed by atoms with Gasteiger partial charge in [-0.2, -0.15) is 0 Å². The fourth-order valence-corrected chi connectivity index (χ4v) is 2.95. The van der Waals surface area contributed by atoms with Gasteiger partial charge < -0.3 is 10.4 Å². The quantitative estimate of drug-likeness (QED) is 0.911. The number of amides is 1. The van der Waals surface area contributed by atoms with E-state index in [-0.39, 0.29) is 12.3 Å². The largest absolute Gasteiger partial charge is 0.390 e. The Morgan fingerprint density at radius 3 is 2.74 bits per heavy atom. The van der Waals surface area contributed by atoms with E-state index < -0.39 is 23.8 Å². The van der Waals surface area contributed by atoms with Crippen LogP contribution in [0.1, 0.15) is 29.2 Å². The molecular formula is C18H17F2NO2. The summed E-state index contributed by atoms with van der Waals surface area (Å²) in [6.45, 7) is 0. The molecule has 0 spiro atoms. The average Bonchev–Trinajstić information content (AvgIpc) is 2.84. The summed E-state index contributed by atoms with van der Waals surface area (Å²) in [7, 11) is 0. The second kappa shape index (κ2) is 6.46. The van der Waals surface area contributed by atoms with E-state index in [1.807, 2.05) is 24.3 Å². The number of carbonyl (C=O) groups excluding carboxylic acids is 1. The number of benzene rings is 2. The van der Waals surface area contributed by atoms with Crippen LogP contribution in [0, 0.1) is 11.6 Å². The Labute approximate surface area is 133 Å². The van der Waals surface area contributed by atoms with E-state index >= 15 is 0 Å². The van der Waals surface area contributed by atoms with Gasteiger partial charge in [-0.25, -0.2) is 8.78 Å². The van der Waals surface area contributed by atoms with Crippen molar-refractivity contribution in [1.29, 1.82) is 0 Å². The highest BCUT2D eigenvalue weighted by molar-refractivity contribution is 5.77. The Morgan fingerprint density at radius 1 is 1.17 bits per heavy atom. The molecule has 0 saturated heterocycles. The van der Waals surface area contributed by atoms with Crippen LogP contribution in [-0.2, 0) is 17.6 Å². The first kappa shape index (κ1) is 15.6. The molecule has 0 fully saturated rings. The molecule has 1 amide bonds. The van der Waals surface area contributed by atoms with E-state index in [1.54, 1.807) is 0 Å². The molecule has 0 aliphatic heterocycles. The molecule has 1 aliphatic carbocycles. The van der Waals surface area contributed by atoms with Crippen LogP contribution >= 0.6 is 0 Å². The molecule has 2 unspecified atom stereocenters. The summed E-state index contributed by atoms with van der Waals surface area (Å²) < 4.78 is 26.0. The zero-order chi connectivity index (χ0) is 16.4. The molecule has 0 aromatic heterocycles. The summed E-state index contributed by atoms with van der Waals surface area (Å²) in [4.78, 5) is 12.1. The second-order valence-corrected chi connectivity index (χ2v) is 5.76. The van der Waals surface area contributed by atoms with Gasteiger partial charge in [-0.3, -0.25) is 4.79 Å². The van der Waals surface area contributed by atoms with Crippen LogP contribution in [0.4, 0.5) is 8.78 Å². The van der Waals surface area contributed by atoms with Crippen molar-refractivity contribution in [3.8, 4) is 0 Å². The van der Waals surface area contributed by atoms with Gasteiger partial charge in [0.05, 0.1) is 12.1 Å².